The van der Waals surface area contributed by atoms with Crippen molar-refractivity contribution in [2.24, 2.45) is 5.73 Å². The number of hydrogen-bond donors (Lipinski definition) is 1. The number of thiocarbonyl (C=S) groups is 1. The Kier molecular flexibility index (Phi) is 4.29. The predicted octanol–water partition coefficient (Wildman–Crippen LogP) is 3.24. The maximum atomic E-state index is 13.2. The van der Waals surface area contributed by atoms with E-state index in [1.165, 1.54) is 12.1 Å². The van der Waals surface area contributed by atoms with Gasteiger partial charge in [0.05, 0.1) is 0 Å². The summed E-state index contributed by atoms with van der Waals surface area (Å²) in [5.74, 6) is -1.16. The summed E-state index contributed by atoms with van der Waals surface area (Å²) < 4.78 is 26.3. The molecule has 104 valence electrons. The van der Waals surface area contributed by atoms with Crippen LogP contribution in [0.15, 0.2) is 42.5 Å². The summed E-state index contributed by atoms with van der Waals surface area (Å²) in [7, 11) is 1.83. The predicted molar refractivity (Wildman–Crippen MR) is 80.8 cm³/mol. The molecule has 0 radical (unpaired) electrons. The van der Waals surface area contributed by atoms with Gasteiger partial charge in [-0.15, -0.1) is 0 Å². The molecule has 0 fully saturated rings. The Hall–Kier alpha value is -2.01. The van der Waals surface area contributed by atoms with Crippen LogP contribution in [0.25, 0.3) is 0 Å². The maximum Gasteiger partial charge on any atom is 0.126 e. The lowest BCUT2D eigenvalue weighted by molar-refractivity contribution is 0.579. The molecule has 0 amide bonds. The average molecular weight is 292 g/mol. The fraction of sp³-hybridized carbons (Fsp3) is 0.133. The van der Waals surface area contributed by atoms with E-state index in [2.05, 4.69) is 0 Å². The first-order valence-electron chi connectivity index (χ1n) is 6.01. The molecule has 0 aliphatic carbocycles. The smallest absolute Gasteiger partial charge is 0.126 e. The van der Waals surface area contributed by atoms with Crippen LogP contribution in [0.4, 0.5) is 14.5 Å². The molecule has 0 heterocycles. The monoisotopic (exact) mass is 292 g/mol. The lowest BCUT2D eigenvalue weighted by atomic mass is 10.1. The van der Waals surface area contributed by atoms with Crippen LogP contribution >= 0.6 is 12.2 Å². The van der Waals surface area contributed by atoms with Gasteiger partial charge in [-0.25, -0.2) is 8.78 Å². The minimum Gasteiger partial charge on any atom is -0.389 e. The SMILES string of the molecule is CN(Cc1cc(F)cc(F)c1)c1cccc(C(N)=S)c1. The van der Waals surface area contributed by atoms with Crippen molar-refractivity contribution >= 4 is 22.9 Å². The van der Waals surface area contributed by atoms with E-state index in [9.17, 15) is 8.78 Å². The second-order valence-corrected chi connectivity index (χ2v) is 4.99. The van der Waals surface area contributed by atoms with Gasteiger partial charge in [0, 0.05) is 30.9 Å². The van der Waals surface area contributed by atoms with Crippen molar-refractivity contribution in [3.05, 3.63) is 65.2 Å². The Morgan fingerprint density at radius 2 is 1.80 bits per heavy atom. The molecule has 0 aliphatic heterocycles. The zero-order valence-electron chi connectivity index (χ0n) is 10.9. The highest BCUT2D eigenvalue weighted by molar-refractivity contribution is 7.80. The van der Waals surface area contributed by atoms with Gasteiger partial charge in [0.15, 0.2) is 0 Å². The molecule has 0 spiro atoms. The van der Waals surface area contributed by atoms with Crippen molar-refractivity contribution in [1.29, 1.82) is 0 Å². The van der Waals surface area contributed by atoms with E-state index in [4.69, 9.17) is 18.0 Å². The first-order chi connectivity index (χ1) is 9.45. The Bertz CT molecular complexity index is 623. The van der Waals surface area contributed by atoms with Gasteiger partial charge < -0.3 is 10.6 Å². The number of nitrogens with zero attached hydrogens (tertiary/aromatic N) is 1. The van der Waals surface area contributed by atoms with Gasteiger partial charge in [0.2, 0.25) is 0 Å². The molecule has 0 atom stereocenters. The molecule has 0 aliphatic rings. The molecule has 0 unspecified atom stereocenters. The molecule has 20 heavy (non-hydrogen) atoms. The summed E-state index contributed by atoms with van der Waals surface area (Å²) in [6.45, 7) is 0.384. The maximum absolute atomic E-state index is 13.2. The molecule has 0 saturated heterocycles. The fourth-order valence-electron chi connectivity index (χ4n) is 1.96. The molecular formula is C15H14F2N2S. The van der Waals surface area contributed by atoms with Crippen LogP contribution < -0.4 is 10.6 Å². The summed E-state index contributed by atoms with van der Waals surface area (Å²) in [6.07, 6.45) is 0. The van der Waals surface area contributed by atoms with E-state index in [0.29, 0.717) is 17.1 Å². The molecule has 0 aromatic heterocycles. The van der Waals surface area contributed by atoms with Gasteiger partial charge in [-0.1, -0.05) is 24.4 Å². The second kappa shape index (κ2) is 5.96. The minimum atomic E-state index is -0.578. The first kappa shape index (κ1) is 14.4. The van der Waals surface area contributed by atoms with Crippen molar-refractivity contribution in [3.8, 4) is 0 Å². The van der Waals surface area contributed by atoms with Crippen LogP contribution in [0.5, 0.6) is 0 Å². The van der Waals surface area contributed by atoms with Gasteiger partial charge in [0.1, 0.15) is 16.6 Å². The van der Waals surface area contributed by atoms with Gasteiger partial charge in [-0.05, 0) is 29.8 Å². The van der Waals surface area contributed by atoms with Crippen LogP contribution in [0.2, 0.25) is 0 Å². The van der Waals surface area contributed by atoms with Crippen LogP contribution in [-0.2, 0) is 6.54 Å². The number of nitrogens with two attached hydrogens (primary N) is 1. The van der Waals surface area contributed by atoms with Crippen LogP contribution in [0, 0.1) is 11.6 Å². The number of hydrogen-bond acceptors (Lipinski definition) is 2. The van der Waals surface area contributed by atoms with Crippen molar-refractivity contribution < 1.29 is 8.78 Å². The summed E-state index contributed by atoms with van der Waals surface area (Å²) in [5, 5.41) is 0. The third-order valence-electron chi connectivity index (χ3n) is 2.91. The zero-order chi connectivity index (χ0) is 14.7. The molecule has 2 nitrogen and oxygen atoms in total. The van der Waals surface area contributed by atoms with Crippen molar-refractivity contribution in [2.75, 3.05) is 11.9 Å². The fourth-order valence-corrected chi connectivity index (χ4v) is 2.09. The van der Waals surface area contributed by atoms with Gasteiger partial charge in [-0.2, -0.15) is 0 Å². The molecule has 2 aromatic rings. The molecule has 2 rings (SSSR count). The summed E-state index contributed by atoms with van der Waals surface area (Å²) in [5.41, 5.74) is 7.78. The topological polar surface area (TPSA) is 29.3 Å². The van der Waals surface area contributed by atoms with Crippen LogP contribution in [0.1, 0.15) is 11.1 Å². The highest BCUT2D eigenvalue weighted by atomic mass is 32.1. The second-order valence-electron chi connectivity index (χ2n) is 4.55. The van der Waals surface area contributed by atoms with E-state index >= 15 is 0 Å². The quantitative estimate of drug-likeness (QED) is 0.877. The number of benzene rings is 2. The Balaban J connectivity index is 2.21. The minimum absolute atomic E-state index is 0.317. The molecule has 0 saturated carbocycles. The van der Waals surface area contributed by atoms with E-state index in [1.807, 2.05) is 36.2 Å². The van der Waals surface area contributed by atoms with E-state index < -0.39 is 11.6 Å². The Morgan fingerprint density at radius 1 is 1.15 bits per heavy atom. The van der Waals surface area contributed by atoms with Crippen LogP contribution in [0.3, 0.4) is 0 Å². The third kappa shape index (κ3) is 3.51. The van der Waals surface area contributed by atoms with E-state index in [0.717, 1.165) is 17.3 Å². The average Bonchev–Trinajstić information content (AvgIpc) is 2.37. The van der Waals surface area contributed by atoms with E-state index in [-0.39, 0.29) is 0 Å². The molecule has 2 N–H and O–H groups in total. The summed E-state index contributed by atoms with van der Waals surface area (Å²) >= 11 is 4.93. The normalized spacial score (nSPS) is 10.3. The van der Waals surface area contributed by atoms with Gasteiger partial charge in [-0.3, -0.25) is 0 Å². The van der Waals surface area contributed by atoms with E-state index in [1.54, 1.807) is 0 Å². The molecule has 5 heteroatoms. The van der Waals surface area contributed by atoms with Crippen molar-refractivity contribution in [1.82, 2.24) is 0 Å². The molecule has 0 bridgehead atoms. The van der Waals surface area contributed by atoms with Crippen molar-refractivity contribution in [2.45, 2.75) is 6.54 Å². The summed E-state index contributed by atoms with van der Waals surface area (Å²) in [4.78, 5) is 2.19. The Morgan fingerprint density at radius 3 is 2.40 bits per heavy atom. The summed E-state index contributed by atoms with van der Waals surface area (Å²) in [6, 6.07) is 10.9. The lowest BCUT2D eigenvalue weighted by Gasteiger charge is -2.20. The number of halogens is 2. The molecular weight excluding hydrogens is 278 g/mol. The zero-order valence-corrected chi connectivity index (χ0v) is 11.8. The highest BCUT2D eigenvalue weighted by Gasteiger charge is 2.06. The number of rotatable bonds is 4. The first-order valence-corrected chi connectivity index (χ1v) is 6.42. The van der Waals surface area contributed by atoms with Crippen molar-refractivity contribution in [3.63, 3.8) is 0 Å². The standard InChI is InChI=1S/C15H14F2N2S/c1-19(9-10-5-12(16)8-13(17)6-10)14-4-2-3-11(7-14)15(18)20/h2-8H,9H2,1H3,(H2,18,20). The lowest BCUT2D eigenvalue weighted by Crippen LogP contribution is -2.18. The number of anilines is 1. The third-order valence-corrected chi connectivity index (χ3v) is 3.15. The largest absolute Gasteiger partial charge is 0.389 e. The molecule has 2 aromatic carbocycles. The van der Waals surface area contributed by atoms with Gasteiger partial charge in [0.25, 0.3) is 0 Å². The van der Waals surface area contributed by atoms with Crippen LogP contribution in [-0.4, -0.2) is 12.0 Å². The van der Waals surface area contributed by atoms with Gasteiger partial charge >= 0.3 is 0 Å². The highest BCUT2D eigenvalue weighted by Crippen LogP contribution is 2.18. The Labute approximate surface area is 121 Å².